The molecule has 1 unspecified atom stereocenters. The summed E-state index contributed by atoms with van der Waals surface area (Å²) in [6, 6.07) is 8.78. The third-order valence-electron chi connectivity index (χ3n) is 2.77. The van der Waals surface area contributed by atoms with E-state index in [1.807, 2.05) is 0 Å². The molecule has 1 heteroatoms. The maximum absolute atomic E-state index is 2.41. The minimum absolute atomic E-state index is 0.623. The van der Waals surface area contributed by atoms with Crippen LogP contribution < -0.4 is 0 Å². The average Bonchev–Trinajstić information content (AvgIpc) is 2.46. The quantitative estimate of drug-likeness (QED) is 0.589. The Labute approximate surface area is 89.2 Å². The molecule has 0 heterocycles. The van der Waals surface area contributed by atoms with E-state index in [1.165, 1.54) is 24.0 Å². The van der Waals surface area contributed by atoms with Gasteiger partial charge in [-0.3, -0.25) is 0 Å². The summed E-state index contributed by atoms with van der Waals surface area (Å²) in [5, 5.41) is 0. The molecule has 1 aromatic rings. The number of hydrogen-bond donors (Lipinski definition) is 0. The van der Waals surface area contributed by atoms with E-state index in [9.17, 15) is 0 Å². The molecular weight excluding hydrogens is 151 g/mol. The molecule has 2 rings (SSSR count). The number of benzene rings is 1. The van der Waals surface area contributed by atoms with Gasteiger partial charge in [-0.1, -0.05) is 0 Å². The van der Waals surface area contributed by atoms with E-state index in [0.717, 1.165) is 0 Å². The molecule has 62 valence electrons. The average molecular weight is 164 g/mol. The molecular formula is C12H13Li. The second kappa shape index (κ2) is 3.74. The summed E-state index contributed by atoms with van der Waals surface area (Å²) in [5.41, 5.74) is 4.54. The fourth-order valence-corrected chi connectivity index (χ4v) is 2.16. The van der Waals surface area contributed by atoms with E-state index in [1.54, 1.807) is 5.57 Å². The van der Waals surface area contributed by atoms with Gasteiger partial charge in [0.1, 0.15) is 0 Å². The van der Waals surface area contributed by atoms with Crippen molar-refractivity contribution in [3.63, 3.8) is 0 Å². The fourth-order valence-electron chi connectivity index (χ4n) is 2.16. The molecule has 13 heavy (non-hydrogen) atoms. The predicted molar refractivity (Wildman–Crippen MR) is 57.8 cm³/mol. The van der Waals surface area contributed by atoms with Crippen LogP contribution in [0.15, 0.2) is 30.3 Å². The number of allylic oxidation sites excluding steroid dienone is 2. The zero-order valence-electron chi connectivity index (χ0n) is 8.38. The normalized spacial score (nSPS) is 19.9. The van der Waals surface area contributed by atoms with Crippen LogP contribution in [0.4, 0.5) is 0 Å². The van der Waals surface area contributed by atoms with Crippen molar-refractivity contribution in [3.05, 3.63) is 41.5 Å². The van der Waals surface area contributed by atoms with Gasteiger partial charge in [0.2, 0.25) is 0 Å². The zero-order valence-corrected chi connectivity index (χ0v) is 8.38. The molecule has 0 amide bonds. The summed E-state index contributed by atoms with van der Waals surface area (Å²) in [7, 11) is 0. The van der Waals surface area contributed by atoms with Crippen molar-refractivity contribution >= 4 is 23.3 Å². The molecule has 0 N–H and O–H groups in total. The Kier molecular flexibility index (Phi) is 2.63. The summed E-state index contributed by atoms with van der Waals surface area (Å²) in [6.45, 7) is 2.24. The van der Waals surface area contributed by atoms with Crippen LogP contribution >= 0.6 is 0 Å². The molecule has 0 saturated heterocycles. The first-order valence-corrected chi connectivity index (χ1v) is 5.13. The van der Waals surface area contributed by atoms with Crippen molar-refractivity contribution < 1.29 is 0 Å². The van der Waals surface area contributed by atoms with Crippen LogP contribution in [0.1, 0.15) is 35.5 Å². The molecule has 0 aromatic heterocycles. The van der Waals surface area contributed by atoms with E-state index in [0.29, 0.717) is 4.59 Å². The van der Waals surface area contributed by atoms with Crippen molar-refractivity contribution in [2.45, 2.75) is 24.4 Å². The van der Waals surface area contributed by atoms with Crippen molar-refractivity contribution in [3.8, 4) is 0 Å². The summed E-state index contributed by atoms with van der Waals surface area (Å²) < 4.78 is 0.623. The van der Waals surface area contributed by atoms with Gasteiger partial charge < -0.3 is 0 Å². The first-order chi connectivity index (χ1) is 6.33. The van der Waals surface area contributed by atoms with Gasteiger partial charge in [-0.05, 0) is 0 Å². The topological polar surface area (TPSA) is 0 Å². The Bertz CT molecular complexity index is 339. The molecule has 1 aliphatic rings. The van der Waals surface area contributed by atoms with Gasteiger partial charge in [-0.25, -0.2) is 0 Å². The van der Waals surface area contributed by atoms with Crippen LogP contribution in [-0.2, 0) is 0 Å². The summed E-state index contributed by atoms with van der Waals surface area (Å²) in [4.78, 5) is 0. The van der Waals surface area contributed by atoms with Crippen LogP contribution in [-0.4, -0.2) is 17.7 Å². The van der Waals surface area contributed by atoms with Crippen LogP contribution in [0.2, 0.25) is 0 Å². The van der Waals surface area contributed by atoms with Gasteiger partial charge >= 0.3 is 89.1 Å². The van der Waals surface area contributed by atoms with Crippen molar-refractivity contribution in [2.24, 2.45) is 0 Å². The Balaban J connectivity index is 2.39. The Morgan fingerprint density at radius 1 is 1.31 bits per heavy atom. The molecule has 0 aliphatic heterocycles. The molecule has 0 saturated carbocycles. The van der Waals surface area contributed by atoms with Gasteiger partial charge in [0.05, 0.1) is 0 Å². The molecule has 1 aromatic carbocycles. The van der Waals surface area contributed by atoms with Gasteiger partial charge in [0.25, 0.3) is 0 Å². The molecule has 0 radical (unpaired) electrons. The van der Waals surface area contributed by atoms with Gasteiger partial charge in [0, 0.05) is 0 Å². The third kappa shape index (κ3) is 1.62. The summed E-state index contributed by atoms with van der Waals surface area (Å²) >= 11 is 2.28. The van der Waals surface area contributed by atoms with E-state index < -0.39 is 0 Å². The zero-order chi connectivity index (χ0) is 9.26. The minimum atomic E-state index is 0.623. The number of rotatable bonds is 2. The Morgan fingerprint density at radius 2 is 2.08 bits per heavy atom. The number of hydrogen-bond acceptors (Lipinski definition) is 0. The van der Waals surface area contributed by atoms with E-state index in [4.69, 9.17) is 0 Å². The Morgan fingerprint density at radius 3 is 2.85 bits per heavy atom. The van der Waals surface area contributed by atoms with E-state index in [-0.39, 0.29) is 0 Å². The maximum atomic E-state index is 2.41. The standard InChI is InChI=1S/C12H13.Li/c1-2-5-10-8-9-11-6-3-4-7-12(10)11;/h3-4,6-9H,2,5H2,1H3;. The summed E-state index contributed by atoms with van der Waals surface area (Å²) in [6.07, 6.45) is 4.88. The van der Waals surface area contributed by atoms with E-state index >= 15 is 0 Å². The van der Waals surface area contributed by atoms with Crippen LogP contribution in [0.5, 0.6) is 0 Å². The first-order valence-electron chi connectivity index (χ1n) is 5.13. The second-order valence-corrected chi connectivity index (χ2v) is 3.82. The van der Waals surface area contributed by atoms with Crippen LogP contribution in [0.3, 0.4) is 0 Å². The molecule has 0 bridgehead atoms. The molecule has 0 nitrogen and oxygen atoms in total. The van der Waals surface area contributed by atoms with Gasteiger partial charge in [-0.15, -0.1) is 0 Å². The SMILES string of the molecule is [Li][CH]1C=C(CCC)c2ccccc21. The monoisotopic (exact) mass is 164 g/mol. The number of fused-ring (bicyclic) bond motifs is 1. The van der Waals surface area contributed by atoms with Crippen molar-refractivity contribution in [1.29, 1.82) is 0 Å². The van der Waals surface area contributed by atoms with Crippen LogP contribution in [0, 0.1) is 0 Å². The van der Waals surface area contributed by atoms with Gasteiger partial charge in [0.15, 0.2) is 0 Å². The molecule has 0 fully saturated rings. The van der Waals surface area contributed by atoms with E-state index in [2.05, 4.69) is 55.0 Å². The second-order valence-electron chi connectivity index (χ2n) is 3.82. The predicted octanol–water partition coefficient (Wildman–Crippen LogP) is 3.09. The molecule has 0 spiro atoms. The molecule has 1 atom stereocenters. The summed E-state index contributed by atoms with van der Waals surface area (Å²) in [5.74, 6) is 0. The van der Waals surface area contributed by atoms with Gasteiger partial charge in [-0.2, -0.15) is 0 Å². The Hall–Kier alpha value is -0.443. The fraction of sp³-hybridized carbons (Fsp3) is 0.333. The molecule has 1 aliphatic carbocycles. The first kappa shape index (κ1) is 9.13. The van der Waals surface area contributed by atoms with Crippen molar-refractivity contribution in [2.75, 3.05) is 0 Å². The van der Waals surface area contributed by atoms with Crippen molar-refractivity contribution in [1.82, 2.24) is 0 Å². The third-order valence-corrected chi connectivity index (χ3v) is 2.77. The van der Waals surface area contributed by atoms with Crippen LogP contribution in [0.25, 0.3) is 5.57 Å².